The first-order valence-electron chi connectivity index (χ1n) is 6.59. The molecule has 2 rings (SSSR count). The molecule has 0 saturated carbocycles. The standard InChI is InChI=1S/C15H20N2OS/c1-4-7-16-9-13-5-6-14(11(2)8-13)19-15-17-12(3)10-18-15/h5-6,8,10,16H,4,7,9H2,1-3H3. The number of oxazole rings is 1. The van der Waals surface area contributed by atoms with Gasteiger partial charge in [-0.15, -0.1) is 0 Å². The van der Waals surface area contributed by atoms with E-state index in [1.54, 1.807) is 18.0 Å². The van der Waals surface area contributed by atoms with E-state index in [4.69, 9.17) is 4.42 Å². The van der Waals surface area contributed by atoms with Gasteiger partial charge >= 0.3 is 0 Å². The van der Waals surface area contributed by atoms with Crippen LogP contribution in [0.4, 0.5) is 0 Å². The lowest BCUT2D eigenvalue weighted by molar-refractivity contribution is 0.454. The van der Waals surface area contributed by atoms with Crippen molar-refractivity contribution in [3.8, 4) is 0 Å². The molecule has 0 bridgehead atoms. The monoisotopic (exact) mass is 276 g/mol. The number of hydrogen-bond acceptors (Lipinski definition) is 4. The van der Waals surface area contributed by atoms with Gasteiger partial charge in [-0.25, -0.2) is 4.98 Å². The molecule has 4 heteroatoms. The number of hydrogen-bond donors (Lipinski definition) is 1. The molecule has 0 aliphatic rings. The zero-order valence-corrected chi connectivity index (χ0v) is 12.5. The van der Waals surface area contributed by atoms with Gasteiger partial charge in [0.15, 0.2) is 0 Å². The molecule has 3 nitrogen and oxygen atoms in total. The fourth-order valence-corrected chi connectivity index (χ4v) is 2.65. The van der Waals surface area contributed by atoms with E-state index in [2.05, 4.69) is 42.3 Å². The van der Waals surface area contributed by atoms with E-state index in [1.807, 2.05) is 6.92 Å². The molecule has 1 aromatic heterocycles. The van der Waals surface area contributed by atoms with Crippen LogP contribution in [0.1, 0.15) is 30.2 Å². The highest BCUT2D eigenvalue weighted by atomic mass is 32.2. The lowest BCUT2D eigenvalue weighted by Gasteiger charge is -2.07. The van der Waals surface area contributed by atoms with Crippen LogP contribution in [0.2, 0.25) is 0 Å². The van der Waals surface area contributed by atoms with Crippen LogP contribution in [-0.4, -0.2) is 11.5 Å². The van der Waals surface area contributed by atoms with Crippen molar-refractivity contribution in [2.24, 2.45) is 0 Å². The minimum atomic E-state index is 0.706. The van der Waals surface area contributed by atoms with Gasteiger partial charge < -0.3 is 9.73 Å². The molecule has 0 saturated heterocycles. The van der Waals surface area contributed by atoms with Gasteiger partial charge in [-0.3, -0.25) is 0 Å². The zero-order valence-electron chi connectivity index (χ0n) is 11.7. The fraction of sp³-hybridized carbons (Fsp3) is 0.400. The summed E-state index contributed by atoms with van der Waals surface area (Å²) in [6.45, 7) is 8.23. The first kappa shape index (κ1) is 14.2. The van der Waals surface area contributed by atoms with Crippen molar-refractivity contribution in [3.05, 3.63) is 41.3 Å². The number of aromatic nitrogens is 1. The quantitative estimate of drug-likeness (QED) is 0.811. The van der Waals surface area contributed by atoms with E-state index >= 15 is 0 Å². The van der Waals surface area contributed by atoms with Crippen molar-refractivity contribution in [1.82, 2.24) is 10.3 Å². The largest absolute Gasteiger partial charge is 0.439 e. The molecule has 0 spiro atoms. The smallest absolute Gasteiger partial charge is 0.260 e. The summed E-state index contributed by atoms with van der Waals surface area (Å²) < 4.78 is 5.37. The van der Waals surface area contributed by atoms with E-state index in [9.17, 15) is 0 Å². The average molecular weight is 276 g/mol. The van der Waals surface area contributed by atoms with E-state index < -0.39 is 0 Å². The Labute approximate surface area is 118 Å². The Hall–Kier alpha value is -1.26. The summed E-state index contributed by atoms with van der Waals surface area (Å²) in [5.74, 6) is 0. The van der Waals surface area contributed by atoms with Gasteiger partial charge in [0, 0.05) is 11.4 Å². The third kappa shape index (κ3) is 4.11. The van der Waals surface area contributed by atoms with Gasteiger partial charge in [0.1, 0.15) is 6.26 Å². The normalized spacial score (nSPS) is 10.9. The summed E-state index contributed by atoms with van der Waals surface area (Å²) in [6.07, 6.45) is 2.84. The van der Waals surface area contributed by atoms with Crippen LogP contribution in [0.5, 0.6) is 0 Å². The van der Waals surface area contributed by atoms with Crippen LogP contribution < -0.4 is 5.32 Å². The summed E-state index contributed by atoms with van der Waals surface area (Å²) in [5, 5.41) is 4.12. The lowest BCUT2D eigenvalue weighted by Crippen LogP contribution is -2.13. The molecule has 0 unspecified atom stereocenters. The molecule has 0 amide bonds. The highest BCUT2D eigenvalue weighted by molar-refractivity contribution is 7.99. The second kappa shape index (κ2) is 6.78. The molecular weight excluding hydrogens is 256 g/mol. The molecule has 0 radical (unpaired) electrons. The van der Waals surface area contributed by atoms with Crippen molar-refractivity contribution in [2.45, 2.75) is 43.9 Å². The molecule has 2 aromatic rings. The Morgan fingerprint density at radius 3 is 2.79 bits per heavy atom. The molecular formula is C15H20N2OS. The molecule has 0 aliphatic carbocycles. The van der Waals surface area contributed by atoms with Gasteiger partial charge in [0.25, 0.3) is 5.22 Å². The molecule has 0 fully saturated rings. The van der Waals surface area contributed by atoms with Crippen molar-refractivity contribution < 1.29 is 4.42 Å². The second-order valence-electron chi connectivity index (χ2n) is 4.63. The first-order chi connectivity index (χ1) is 9.19. The van der Waals surface area contributed by atoms with Gasteiger partial charge in [0.2, 0.25) is 0 Å². The number of nitrogens with zero attached hydrogens (tertiary/aromatic N) is 1. The summed E-state index contributed by atoms with van der Waals surface area (Å²) in [5.41, 5.74) is 3.50. The molecule has 1 N–H and O–H groups in total. The van der Waals surface area contributed by atoms with Gasteiger partial charge in [-0.1, -0.05) is 19.1 Å². The average Bonchev–Trinajstić information content (AvgIpc) is 2.79. The molecule has 1 heterocycles. The maximum Gasteiger partial charge on any atom is 0.260 e. The van der Waals surface area contributed by atoms with Crippen LogP contribution in [-0.2, 0) is 6.54 Å². The third-order valence-electron chi connectivity index (χ3n) is 2.79. The van der Waals surface area contributed by atoms with Crippen LogP contribution in [0.3, 0.4) is 0 Å². The number of rotatable bonds is 6. The second-order valence-corrected chi connectivity index (χ2v) is 5.63. The molecule has 0 aliphatic heterocycles. The minimum Gasteiger partial charge on any atom is -0.439 e. The van der Waals surface area contributed by atoms with Crippen LogP contribution >= 0.6 is 11.8 Å². The Morgan fingerprint density at radius 1 is 1.32 bits per heavy atom. The van der Waals surface area contributed by atoms with Crippen molar-refractivity contribution in [3.63, 3.8) is 0 Å². The SMILES string of the molecule is CCCNCc1ccc(Sc2nc(C)co2)c(C)c1. The van der Waals surface area contributed by atoms with Crippen molar-refractivity contribution in [1.29, 1.82) is 0 Å². The van der Waals surface area contributed by atoms with E-state index in [0.29, 0.717) is 5.22 Å². The molecule has 102 valence electrons. The number of benzene rings is 1. The Morgan fingerprint density at radius 2 is 2.16 bits per heavy atom. The number of aryl methyl sites for hydroxylation is 2. The molecule has 1 aromatic carbocycles. The van der Waals surface area contributed by atoms with Gasteiger partial charge in [-0.05, 0) is 55.8 Å². The fourth-order valence-electron chi connectivity index (χ4n) is 1.82. The lowest BCUT2D eigenvalue weighted by atomic mass is 10.1. The van der Waals surface area contributed by atoms with E-state index in [0.717, 1.165) is 25.2 Å². The predicted octanol–water partition coefficient (Wildman–Crippen LogP) is 3.94. The maximum absolute atomic E-state index is 5.37. The highest BCUT2D eigenvalue weighted by Crippen LogP contribution is 2.30. The van der Waals surface area contributed by atoms with Crippen LogP contribution in [0.25, 0.3) is 0 Å². The van der Waals surface area contributed by atoms with Gasteiger partial charge in [-0.2, -0.15) is 0 Å². The predicted molar refractivity (Wildman–Crippen MR) is 78.5 cm³/mol. The summed E-state index contributed by atoms with van der Waals surface area (Å²) in [7, 11) is 0. The minimum absolute atomic E-state index is 0.706. The van der Waals surface area contributed by atoms with Gasteiger partial charge in [0.05, 0.1) is 5.69 Å². The Bertz CT molecular complexity index is 537. The van der Waals surface area contributed by atoms with Crippen molar-refractivity contribution in [2.75, 3.05) is 6.54 Å². The summed E-state index contributed by atoms with van der Waals surface area (Å²) in [6, 6.07) is 6.52. The summed E-state index contributed by atoms with van der Waals surface area (Å²) in [4.78, 5) is 5.51. The maximum atomic E-state index is 5.37. The highest BCUT2D eigenvalue weighted by Gasteiger charge is 2.06. The van der Waals surface area contributed by atoms with E-state index in [1.165, 1.54) is 16.0 Å². The zero-order chi connectivity index (χ0) is 13.7. The third-order valence-corrected chi connectivity index (χ3v) is 3.83. The van der Waals surface area contributed by atoms with Crippen LogP contribution in [0, 0.1) is 13.8 Å². The Balaban J connectivity index is 2.02. The Kier molecular flexibility index (Phi) is 5.05. The van der Waals surface area contributed by atoms with Crippen LogP contribution in [0.15, 0.2) is 39.0 Å². The molecule has 0 atom stereocenters. The summed E-state index contributed by atoms with van der Waals surface area (Å²) >= 11 is 1.57. The number of nitrogens with one attached hydrogen (secondary N) is 1. The molecule has 19 heavy (non-hydrogen) atoms. The van der Waals surface area contributed by atoms with E-state index in [-0.39, 0.29) is 0 Å². The first-order valence-corrected chi connectivity index (χ1v) is 7.41. The van der Waals surface area contributed by atoms with Crippen molar-refractivity contribution >= 4 is 11.8 Å². The topological polar surface area (TPSA) is 38.1 Å².